The number of aliphatic hydroxyl groups excluding tert-OH is 2. The minimum Gasteiger partial charge on any atom is -0.506 e. The first-order chi connectivity index (χ1) is 41.1. The Morgan fingerprint density at radius 3 is 0.364 bits per heavy atom. The molecular formula is C34H4F60NiO4. The van der Waals surface area contributed by atoms with Crippen molar-refractivity contribution in [2.24, 2.45) is 0 Å². The zero-order valence-electron chi connectivity index (χ0n) is 41.9. The van der Waals surface area contributed by atoms with Crippen molar-refractivity contribution >= 4 is 11.6 Å². The van der Waals surface area contributed by atoms with E-state index in [9.17, 15) is 273 Å². The molecule has 0 atom stereocenters. The van der Waals surface area contributed by atoms with Crippen molar-refractivity contribution in [1.82, 2.24) is 0 Å². The molecule has 0 aromatic rings. The Labute approximate surface area is 502 Å². The number of carbonyl (C=O) groups excluding carboxylic acids is 2. The number of rotatable bonds is 26. The standard InChI is InChI=1S/2C17H2F30O2.Ni/c2*18-4(19,6(22,23)8(26,27)10(30,31)12(34,35)14(38,39)16(42,43)44)2(48)1-3(49)5(20,21)7(24,25)9(28,29)11(32,33)13(36,37)15(40,41)17(45,46)47;/h2*1,48H;/b2*2-1-;. The van der Waals surface area contributed by atoms with Crippen LogP contribution in [0.1, 0.15) is 0 Å². The molecule has 65 heteroatoms. The molecule has 594 valence electrons. The average Bonchev–Trinajstić information content (AvgIpc) is 0.717. The van der Waals surface area contributed by atoms with Gasteiger partial charge in [-0.1, -0.05) is 0 Å². The molecule has 2 N–H and O–H groups in total. The molecule has 0 bridgehead atoms. The second-order valence-corrected chi connectivity index (χ2v) is 17.6. The second kappa shape index (κ2) is 25.0. The quantitative estimate of drug-likeness (QED) is 0.0392. The smallest absolute Gasteiger partial charge is 0.460 e. The number of aliphatic hydroxyl groups is 2. The molecule has 0 aliphatic rings. The summed E-state index contributed by atoms with van der Waals surface area (Å²) in [5.74, 6) is -234. The predicted molar refractivity (Wildman–Crippen MR) is 174 cm³/mol. The number of allylic oxidation sites excluding steroid dienone is 4. The van der Waals surface area contributed by atoms with E-state index in [4.69, 9.17) is 10.2 Å². The molecule has 0 saturated heterocycles. The van der Waals surface area contributed by atoms with Gasteiger partial charge in [0.15, 0.2) is 11.5 Å². The van der Waals surface area contributed by atoms with Gasteiger partial charge in [-0.25, -0.2) is 0 Å². The Bertz CT molecular complexity index is 2760. The van der Waals surface area contributed by atoms with Gasteiger partial charge in [-0.3, -0.25) is 9.59 Å². The van der Waals surface area contributed by atoms with Crippen LogP contribution in [0, 0.1) is 0 Å². The molecule has 0 radical (unpaired) electrons. The number of carbonyl (C=O) groups is 2. The van der Waals surface area contributed by atoms with Gasteiger partial charge in [0.05, 0.1) is 0 Å². The van der Waals surface area contributed by atoms with E-state index < -0.39 is 202 Å². The molecule has 0 fully saturated rings. The fourth-order valence-corrected chi connectivity index (χ4v) is 5.11. The summed E-state index contributed by atoms with van der Waals surface area (Å²) >= 11 is 0. The number of hydrogen-bond acceptors (Lipinski definition) is 4. The maximum atomic E-state index is 13.7. The first-order valence-electron chi connectivity index (χ1n) is 20.3. The van der Waals surface area contributed by atoms with Crippen molar-refractivity contribution in [2.75, 3.05) is 0 Å². The van der Waals surface area contributed by atoms with E-state index in [-0.39, 0.29) is 16.5 Å². The van der Waals surface area contributed by atoms with E-state index in [1.807, 2.05) is 0 Å². The fourth-order valence-electron chi connectivity index (χ4n) is 5.11. The summed E-state index contributed by atoms with van der Waals surface area (Å²) in [6, 6.07) is 0. The molecule has 4 nitrogen and oxygen atoms in total. The van der Waals surface area contributed by atoms with Crippen LogP contribution in [0.5, 0.6) is 0 Å². The molecule has 0 unspecified atom stereocenters. The van der Waals surface area contributed by atoms with Crippen LogP contribution >= 0.6 is 0 Å². The molecule has 0 aliphatic carbocycles. The minimum absolute atomic E-state index is 0. The zero-order chi connectivity index (χ0) is 81.7. The largest absolute Gasteiger partial charge is 0.506 e. The van der Waals surface area contributed by atoms with E-state index in [1.165, 1.54) is 0 Å². The molecule has 0 amide bonds. The molecule has 0 aromatic heterocycles. The Morgan fingerprint density at radius 1 is 0.162 bits per heavy atom. The number of hydrogen-bond donors (Lipinski definition) is 2. The van der Waals surface area contributed by atoms with Gasteiger partial charge >= 0.3 is 167 Å². The van der Waals surface area contributed by atoms with E-state index in [0.29, 0.717) is 0 Å². The third kappa shape index (κ3) is 13.0. The van der Waals surface area contributed by atoms with Gasteiger partial charge in [-0.2, -0.15) is 263 Å². The SMILES string of the molecule is O=C(/C=C(\O)C(F)(F)C(F)(F)C(F)(F)C(F)(F)C(F)(F)C(F)(F)C(F)(F)F)C(F)(F)C(F)(F)C(F)(F)C(F)(F)C(F)(F)C(F)(F)C(F)(F)F.O=C(/C=C(\O)C(F)(F)C(F)(F)C(F)(F)C(F)(F)C(F)(F)C(F)(F)C(F)(F)F)C(F)(F)C(F)(F)C(F)(F)C(F)(F)C(F)(F)C(F)(F)C(F)(F)F.[Ni]. The van der Waals surface area contributed by atoms with Gasteiger partial charge < -0.3 is 10.2 Å². The van der Waals surface area contributed by atoms with E-state index in [1.54, 1.807) is 0 Å². The van der Waals surface area contributed by atoms with Crippen molar-refractivity contribution in [3.63, 3.8) is 0 Å². The van der Waals surface area contributed by atoms with Crippen molar-refractivity contribution in [2.45, 2.75) is 167 Å². The third-order valence-corrected chi connectivity index (χ3v) is 11.1. The summed E-state index contributed by atoms with van der Waals surface area (Å²) in [5, 5.41) is 17.2. The van der Waals surface area contributed by atoms with Gasteiger partial charge in [0.2, 0.25) is 11.6 Å². The molecular weight excluding hydrogens is 1670 g/mol. The van der Waals surface area contributed by atoms with Gasteiger partial charge in [0, 0.05) is 28.6 Å². The second-order valence-electron chi connectivity index (χ2n) is 17.6. The summed E-state index contributed by atoms with van der Waals surface area (Å²) in [6.07, 6.45) is -38.7. The normalized spacial score (nSPS) is 16.9. The van der Waals surface area contributed by atoms with Gasteiger partial charge in [-0.15, -0.1) is 0 Å². The topological polar surface area (TPSA) is 74.6 Å². The third-order valence-electron chi connectivity index (χ3n) is 11.1. The zero-order valence-corrected chi connectivity index (χ0v) is 42.8. The minimum atomic E-state index is -9.21. The maximum absolute atomic E-state index is 13.7. The van der Waals surface area contributed by atoms with Crippen molar-refractivity contribution < 1.29 is 300 Å². The van der Waals surface area contributed by atoms with Crippen LogP contribution in [0.2, 0.25) is 0 Å². The summed E-state index contributed by atoms with van der Waals surface area (Å²) in [7, 11) is 0. The first kappa shape index (κ1) is 97.9. The Hall–Kier alpha value is -5.29. The van der Waals surface area contributed by atoms with Crippen LogP contribution in [-0.2, 0) is 26.1 Å². The summed E-state index contributed by atoms with van der Waals surface area (Å²) < 4.78 is 785. The maximum Gasteiger partial charge on any atom is 0.460 e. The Kier molecular flexibility index (Phi) is 24.7. The predicted octanol–water partition coefficient (Wildman–Crippen LogP) is 19.5. The monoisotopic (exact) mass is 1670 g/mol. The van der Waals surface area contributed by atoms with Crippen LogP contribution in [0.4, 0.5) is 263 Å². The van der Waals surface area contributed by atoms with Crippen LogP contribution in [-0.4, -0.2) is 189 Å². The van der Waals surface area contributed by atoms with Crippen LogP contribution in [0.3, 0.4) is 0 Å². The van der Waals surface area contributed by atoms with E-state index >= 15 is 0 Å². The summed E-state index contributed by atoms with van der Waals surface area (Å²) in [6.45, 7) is 0. The van der Waals surface area contributed by atoms with Crippen LogP contribution < -0.4 is 0 Å². The molecule has 0 rings (SSSR count). The summed E-state index contributed by atoms with van der Waals surface area (Å²) in [5.41, 5.74) is 0. The molecule has 0 saturated carbocycles. The molecule has 0 aromatic carbocycles. The van der Waals surface area contributed by atoms with Crippen molar-refractivity contribution in [3.05, 3.63) is 23.7 Å². The van der Waals surface area contributed by atoms with Crippen molar-refractivity contribution in [1.29, 1.82) is 0 Å². The molecule has 0 aliphatic heterocycles. The number of ketones is 2. The Morgan fingerprint density at radius 2 is 0.253 bits per heavy atom. The van der Waals surface area contributed by atoms with Crippen molar-refractivity contribution in [3.8, 4) is 0 Å². The summed E-state index contributed by atoms with van der Waals surface area (Å²) in [4.78, 5) is 22.2. The van der Waals surface area contributed by atoms with E-state index in [2.05, 4.69) is 0 Å². The van der Waals surface area contributed by atoms with E-state index in [0.717, 1.165) is 0 Å². The fraction of sp³-hybridized carbons (Fsp3) is 0.824. The average molecular weight is 1670 g/mol. The molecule has 0 spiro atoms. The Balaban J connectivity index is -0.00000184. The number of halogens is 60. The van der Waals surface area contributed by atoms with Crippen LogP contribution in [0.25, 0.3) is 0 Å². The first-order valence-corrected chi connectivity index (χ1v) is 20.3. The molecule has 99 heavy (non-hydrogen) atoms. The van der Waals surface area contributed by atoms with Gasteiger partial charge in [-0.05, 0) is 0 Å². The van der Waals surface area contributed by atoms with Gasteiger partial charge in [0.1, 0.15) is 0 Å². The molecule has 0 heterocycles. The number of alkyl halides is 60. The van der Waals surface area contributed by atoms with Gasteiger partial charge in [0.25, 0.3) is 0 Å². The van der Waals surface area contributed by atoms with Crippen LogP contribution in [0.15, 0.2) is 23.7 Å².